The molecule has 2 aromatic rings. The van der Waals surface area contributed by atoms with Crippen molar-refractivity contribution in [2.75, 3.05) is 13.1 Å². The van der Waals surface area contributed by atoms with Crippen LogP contribution in [-0.4, -0.2) is 36.1 Å². The minimum Gasteiger partial charge on any atom is -0.373 e. The van der Waals surface area contributed by atoms with Gasteiger partial charge in [0.2, 0.25) is 0 Å². The van der Waals surface area contributed by atoms with Crippen LogP contribution in [0.15, 0.2) is 41.8 Å². The van der Waals surface area contributed by atoms with Gasteiger partial charge in [-0.05, 0) is 36.4 Å². The molecule has 0 saturated carbocycles. The van der Waals surface area contributed by atoms with Crippen molar-refractivity contribution in [2.24, 2.45) is 0 Å². The Bertz CT molecular complexity index is 645. The van der Waals surface area contributed by atoms with Crippen LogP contribution in [0.5, 0.6) is 0 Å². The molecule has 1 aromatic carbocycles. The first-order valence-electron chi connectivity index (χ1n) is 8.37. The summed E-state index contributed by atoms with van der Waals surface area (Å²) in [5.41, 5.74) is 2.41. The maximum Gasteiger partial charge on any atom is 0.261 e. The molecule has 2 atom stereocenters. The van der Waals surface area contributed by atoms with E-state index in [2.05, 4.69) is 48.3 Å². The van der Waals surface area contributed by atoms with E-state index in [0.29, 0.717) is 18.8 Å². The smallest absolute Gasteiger partial charge is 0.261 e. The maximum absolute atomic E-state index is 12.0. The number of benzene rings is 1. The summed E-state index contributed by atoms with van der Waals surface area (Å²) in [6, 6.07) is 12.2. The number of ether oxygens (including phenoxy) is 1. The summed E-state index contributed by atoms with van der Waals surface area (Å²) in [6.07, 6.45) is 0.584. The molecule has 2 heterocycles. The zero-order valence-electron chi connectivity index (χ0n) is 14.2. The Morgan fingerprint density at radius 2 is 1.83 bits per heavy atom. The molecule has 0 bridgehead atoms. The van der Waals surface area contributed by atoms with Gasteiger partial charge < -0.3 is 10.1 Å². The molecular formula is C19H24N2O2S. The zero-order chi connectivity index (χ0) is 16.9. The fourth-order valence-corrected chi connectivity index (χ4v) is 3.75. The van der Waals surface area contributed by atoms with E-state index in [1.54, 1.807) is 0 Å². The van der Waals surface area contributed by atoms with E-state index in [1.807, 2.05) is 17.5 Å². The van der Waals surface area contributed by atoms with Crippen LogP contribution in [0.4, 0.5) is 0 Å². The van der Waals surface area contributed by atoms with Crippen molar-refractivity contribution in [1.82, 2.24) is 10.2 Å². The summed E-state index contributed by atoms with van der Waals surface area (Å²) in [4.78, 5) is 15.1. The summed E-state index contributed by atoms with van der Waals surface area (Å²) in [7, 11) is 0. The number of hydrogen-bond acceptors (Lipinski definition) is 4. The Hall–Kier alpha value is -1.69. The van der Waals surface area contributed by atoms with Gasteiger partial charge in [0.15, 0.2) is 0 Å². The van der Waals surface area contributed by atoms with Crippen molar-refractivity contribution in [2.45, 2.75) is 39.1 Å². The number of morpholine rings is 1. The van der Waals surface area contributed by atoms with Gasteiger partial charge in [-0.2, -0.15) is 0 Å². The molecule has 1 saturated heterocycles. The standard InChI is InChI=1S/C19H24N2O2S/c1-14-11-21(12-15(2)23-14)13-17-7-5-16(6-8-17)10-20-19(22)18-4-3-9-24-18/h3-9,14-15H,10-13H2,1-2H3,(H,20,22)/t14-,15-/m1/s1. The van der Waals surface area contributed by atoms with Gasteiger partial charge in [0.25, 0.3) is 5.91 Å². The molecule has 24 heavy (non-hydrogen) atoms. The number of amides is 1. The van der Waals surface area contributed by atoms with Crippen LogP contribution in [0, 0.1) is 0 Å². The normalized spacial score (nSPS) is 21.6. The van der Waals surface area contributed by atoms with Crippen molar-refractivity contribution in [3.63, 3.8) is 0 Å². The molecule has 0 unspecified atom stereocenters. The predicted molar refractivity (Wildman–Crippen MR) is 97.2 cm³/mol. The van der Waals surface area contributed by atoms with Gasteiger partial charge >= 0.3 is 0 Å². The monoisotopic (exact) mass is 344 g/mol. The van der Waals surface area contributed by atoms with E-state index in [1.165, 1.54) is 16.9 Å². The van der Waals surface area contributed by atoms with Crippen LogP contribution in [0.3, 0.4) is 0 Å². The average Bonchev–Trinajstić information content (AvgIpc) is 3.07. The molecule has 3 rings (SSSR count). The maximum atomic E-state index is 12.0. The second-order valence-electron chi connectivity index (χ2n) is 6.43. The number of rotatable bonds is 5. The summed E-state index contributed by atoms with van der Waals surface area (Å²) < 4.78 is 5.78. The highest BCUT2D eigenvalue weighted by Gasteiger charge is 2.21. The Morgan fingerprint density at radius 1 is 1.17 bits per heavy atom. The molecule has 1 N–H and O–H groups in total. The van der Waals surface area contributed by atoms with Crippen LogP contribution in [-0.2, 0) is 17.8 Å². The second-order valence-corrected chi connectivity index (χ2v) is 7.38. The Labute approximate surface area is 147 Å². The van der Waals surface area contributed by atoms with E-state index in [4.69, 9.17) is 4.74 Å². The zero-order valence-corrected chi connectivity index (χ0v) is 15.0. The summed E-state index contributed by atoms with van der Waals surface area (Å²) in [5, 5.41) is 4.87. The molecule has 1 aromatic heterocycles. The van der Waals surface area contributed by atoms with E-state index >= 15 is 0 Å². The second kappa shape index (κ2) is 7.92. The van der Waals surface area contributed by atoms with Crippen molar-refractivity contribution in [3.05, 3.63) is 57.8 Å². The molecule has 128 valence electrons. The van der Waals surface area contributed by atoms with Crippen LogP contribution < -0.4 is 5.32 Å². The molecule has 0 aliphatic carbocycles. The van der Waals surface area contributed by atoms with Crippen LogP contribution in [0.1, 0.15) is 34.6 Å². The van der Waals surface area contributed by atoms with Crippen molar-refractivity contribution < 1.29 is 9.53 Å². The van der Waals surface area contributed by atoms with Gasteiger partial charge in [-0.3, -0.25) is 9.69 Å². The molecular weight excluding hydrogens is 320 g/mol. The third kappa shape index (κ3) is 4.66. The molecule has 5 heteroatoms. The lowest BCUT2D eigenvalue weighted by Crippen LogP contribution is -2.44. The molecule has 4 nitrogen and oxygen atoms in total. The van der Waals surface area contributed by atoms with E-state index < -0.39 is 0 Å². The van der Waals surface area contributed by atoms with Gasteiger partial charge in [-0.1, -0.05) is 30.3 Å². The first kappa shape index (κ1) is 17.1. The van der Waals surface area contributed by atoms with Crippen LogP contribution >= 0.6 is 11.3 Å². The molecule has 0 radical (unpaired) electrons. The number of hydrogen-bond donors (Lipinski definition) is 1. The molecule has 1 fully saturated rings. The number of nitrogens with one attached hydrogen (secondary N) is 1. The first-order chi connectivity index (χ1) is 11.6. The van der Waals surface area contributed by atoms with Crippen LogP contribution in [0.2, 0.25) is 0 Å². The highest BCUT2D eigenvalue weighted by atomic mass is 32.1. The molecule has 0 spiro atoms. The lowest BCUT2D eigenvalue weighted by atomic mass is 10.1. The summed E-state index contributed by atoms with van der Waals surface area (Å²) in [6.45, 7) is 7.71. The predicted octanol–water partition coefficient (Wildman–Crippen LogP) is 3.29. The highest BCUT2D eigenvalue weighted by molar-refractivity contribution is 7.12. The summed E-state index contributed by atoms with van der Waals surface area (Å²) >= 11 is 1.46. The largest absolute Gasteiger partial charge is 0.373 e. The molecule has 1 amide bonds. The quantitative estimate of drug-likeness (QED) is 0.905. The van der Waals surface area contributed by atoms with Crippen LogP contribution in [0.25, 0.3) is 0 Å². The lowest BCUT2D eigenvalue weighted by molar-refractivity contribution is -0.0704. The lowest BCUT2D eigenvalue weighted by Gasteiger charge is -2.35. The Balaban J connectivity index is 1.51. The number of carbonyl (C=O) groups is 1. The number of nitrogens with zero attached hydrogens (tertiary/aromatic N) is 1. The van der Waals surface area contributed by atoms with E-state index in [9.17, 15) is 4.79 Å². The fourth-order valence-electron chi connectivity index (χ4n) is 3.11. The number of carbonyl (C=O) groups excluding carboxylic acids is 1. The minimum absolute atomic E-state index is 0.00892. The van der Waals surface area contributed by atoms with Gasteiger partial charge in [-0.15, -0.1) is 11.3 Å². The summed E-state index contributed by atoms with van der Waals surface area (Å²) in [5.74, 6) is -0.00892. The topological polar surface area (TPSA) is 41.6 Å². The molecule has 1 aliphatic rings. The van der Waals surface area contributed by atoms with Crippen molar-refractivity contribution in [3.8, 4) is 0 Å². The van der Waals surface area contributed by atoms with E-state index in [-0.39, 0.29) is 5.91 Å². The number of thiophene rings is 1. The van der Waals surface area contributed by atoms with Crippen molar-refractivity contribution >= 4 is 17.2 Å². The van der Waals surface area contributed by atoms with Gasteiger partial charge in [0.05, 0.1) is 17.1 Å². The Kier molecular flexibility index (Phi) is 5.66. The SMILES string of the molecule is C[C@@H]1CN(Cc2ccc(CNC(=O)c3cccs3)cc2)C[C@@H](C)O1. The highest BCUT2D eigenvalue weighted by Crippen LogP contribution is 2.15. The van der Waals surface area contributed by atoms with E-state index in [0.717, 1.165) is 30.1 Å². The minimum atomic E-state index is -0.00892. The van der Waals surface area contributed by atoms with Gasteiger partial charge in [0, 0.05) is 26.2 Å². The third-order valence-corrected chi connectivity index (χ3v) is 4.99. The molecule has 1 aliphatic heterocycles. The Morgan fingerprint density at radius 3 is 2.46 bits per heavy atom. The average molecular weight is 344 g/mol. The van der Waals surface area contributed by atoms with Gasteiger partial charge in [0.1, 0.15) is 0 Å². The first-order valence-corrected chi connectivity index (χ1v) is 9.25. The van der Waals surface area contributed by atoms with Gasteiger partial charge in [-0.25, -0.2) is 0 Å². The fraction of sp³-hybridized carbons (Fsp3) is 0.421. The third-order valence-electron chi connectivity index (χ3n) is 4.12. The van der Waals surface area contributed by atoms with Crippen molar-refractivity contribution in [1.29, 1.82) is 0 Å².